The molecule has 1 heterocycles. The van der Waals surface area contributed by atoms with Gasteiger partial charge in [0.25, 0.3) is 0 Å². The first-order chi connectivity index (χ1) is 11.7. The van der Waals surface area contributed by atoms with Gasteiger partial charge in [-0.3, -0.25) is 0 Å². The van der Waals surface area contributed by atoms with Gasteiger partial charge in [-0.05, 0) is 25.0 Å². The van der Waals surface area contributed by atoms with Crippen molar-refractivity contribution in [2.24, 2.45) is 5.92 Å². The van der Waals surface area contributed by atoms with Crippen molar-refractivity contribution in [2.45, 2.75) is 44.3 Å². The van der Waals surface area contributed by atoms with Gasteiger partial charge in [0, 0.05) is 30.5 Å². The topological polar surface area (TPSA) is 44.8 Å². The molecule has 1 aromatic carbocycles. The second-order valence-corrected chi connectivity index (χ2v) is 6.87. The third-order valence-corrected chi connectivity index (χ3v) is 4.89. The highest BCUT2D eigenvalue weighted by atomic mass is 79.9. The van der Waals surface area contributed by atoms with Crippen LogP contribution in [-0.4, -0.2) is 38.1 Å². The van der Waals surface area contributed by atoms with Crippen LogP contribution in [0.1, 0.15) is 31.4 Å². The maximum Gasteiger partial charge on any atom is 0.490 e. The summed E-state index contributed by atoms with van der Waals surface area (Å²) in [6.07, 6.45) is -6.15. The van der Waals surface area contributed by atoms with Gasteiger partial charge in [0.15, 0.2) is 0 Å². The molecule has 0 radical (unpaired) electrons. The van der Waals surface area contributed by atoms with Crippen molar-refractivity contribution < 1.29 is 32.2 Å². The number of halogens is 4. The Balaban J connectivity index is 2.30. The Hall–Kier alpha value is -1.12. The smallest absolute Gasteiger partial charge is 0.455 e. The maximum atomic E-state index is 12.6. The molecular weight excluding hydrogens is 405 g/mol. The van der Waals surface area contributed by atoms with Crippen LogP contribution in [0.3, 0.4) is 0 Å². The van der Waals surface area contributed by atoms with Crippen LogP contribution in [0.25, 0.3) is 0 Å². The van der Waals surface area contributed by atoms with Crippen molar-refractivity contribution in [1.29, 1.82) is 0 Å². The number of benzene rings is 1. The van der Waals surface area contributed by atoms with E-state index >= 15 is 0 Å². The van der Waals surface area contributed by atoms with Gasteiger partial charge < -0.3 is 14.2 Å². The van der Waals surface area contributed by atoms with Gasteiger partial charge in [-0.2, -0.15) is 13.2 Å². The minimum Gasteiger partial charge on any atom is -0.455 e. The Bertz CT molecular complexity index is 594. The van der Waals surface area contributed by atoms with Gasteiger partial charge in [-0.25, -0.2) is 4.79 Å². The normalized spacial score (nSPS) is 27.1. The van der Waals surface area contributed by atoms with Crippen molar-refractivity contribution in [3.05, 3.63) is 34.3 Å². The molecule has 0 N–H and O–H groups in total. The Morgan fingerprint density at radius 1 is 1.36 bits per heavy atom. The van der Waals surface area contributed by atoms with Crippen molar-refractivity contribution in [2.75, 3.05) is 13.7 Å². The Kier molecular flexibility index (Phi) is 6.87. The lowest BCUT2D eigenvalue weighted by molar-refractivity contribution is -0.219. The summed E-state index contributed by atoms with van der Waals surface area (Å²) in [5, 5.41) is 0. The summed E-state index contributed by atoms with van der Waals surface area (Å²) in [4.78, 5) is 11.3. The molecule has 8 heteroatoms. The zero-order valence-corrected chi connectivity index (χ0v) is 15.5. The van der Waals surface area contributed by atoms with Crippen LogP contribution in [0.4, 0.5) is 13.2 Å². The molecular formula is C17H20BrF3O4. The zero-order valence-electron chi connectivity index (χ0n) is 13.9. The van der Waals surface area contributed by atoms with E-state index in [1.807, 2.05) is 24.3 Å². The Morgan fingerprint density at radius 3 is 2.64 bits per heavy atom. The van der Waals surface area contributed by atoms with E-state index in [1.165, 1.54) is 7.11 Å². The summed E-state index contributed by atoms with van der Waals surface area (Å²) < 4.78 is 54.6. The van der Waals surface area contributed by atoms with Gasteiger partial charge in [0.2, 0.25) is 0 Å². The molecule has 0 spiro atoms. The summed E-state index contributed by atoms with van der Waals surface area (Å²) in [5.41, 5.74) is 0.809. The lowest BCUT2D eigenvalue weighted by Gasteiger charge is -2.41. The average Bonchev–Trinajstić information content (AvgIpc) is 2.53. The largest absolute Gasteiger partial charge is 0.490 e. The van der Waals surface area contributed by atoms with Crippen LogP contribution in [-0.2, 0) is 19.0 Å². The molecule has 25 heavy (non-hydrogen) atoms. The van der Waals surface area contributed by atoms with Gasteiger partial charge in [-0.15, -0.1) is 0 Å². The van der Waals surface area contributed by atoms with E-state index in [1.54, 1.807) is 6.92 Å². The zero-order chi connectivity index (χ0) is 18.6. The standard InChI is InChI=1S/C17H20BrF3O4/c1-10-9-14(25-16(22)17(19,20)21)12(7-8-23-2)15(24-10)11-5-3-4-6-13(11)18/h3-6,10,12,14-15H,7-9H2,1-2H3/t10-,12-,14+,15+/m0/s1. The lowest BCUT2D eigenvalue weighted by Crippen LogP contribution is -2.43. The van der Waals surface area contributed by atoms with Gasteiger partial charge in [-0.1, -0.05) is 34.1 Å². The third kappa shape index (κ3) is 5.18. The minimum atomic E-state index is -5.02. The van der Waals surface area contributed by atoms with E-state index < -0.39 is 30.3 Å². The number of carbonyl (C=O) groups is 1. The first-order valence-electron chi connectivity index (χ1n) is 7.90. The van der Waals surface area contributed by atoms with Gasteiger partial charge in [0.05, 0.1) is 12.2 Å². The molecule has 1 aliphatic rings. The number of alkyl halides is 3. The first-order valence-corrected chi connectivity index (χ1v) is 8.70. The number of esters is 1. The third-order valence-electron chi connectivity index (χ3n) is 4.17. The molecule has 1 saturated heterocycles. The molecule has 140 valence electrons. The second-order valence-electron chi connectivity index (χ2n) is 6.01. The SMILES string of the molecule is COCC[C@@H]1[C@@H](c2ccccc2Br)O[C@@H](C)C[C@H]1OC(=O)C(F)(F)F. The predicted octanol–water partition coefficient (Wildman–Crippen LogP) is 4.43. The molecule has 4 atom stereocenters. The average molecular weight is 425 g/mol. The molecule has 1 aromatic rings. The van der Waals surface area contributed by atoms with E-state index in [9.17, 15) is 18.0 Å². The molecule has 1 aliphatic heterocycles. The monoisotopic (exact) mass is 424 g/mol. The van der Waals surface area contributed by atoms with Gasteiger partial charge in [0.1, 0.15) is 6.10 Å². The van der Waals surface area contributed by atoms with Crippen LogP contribution < -0.4 is 0 Å². The summed E-state index contributed by atoms with van der Waals surface area (Å²) in [6.45, 7) is 2.08. The molecule has 2 rings (SSSR count). The highest BCUT2D eigenvalue weighted by Gasteiger charge is 2.46. The molecule has 0 unspecified atom stereocenters. The molecule has 0 aromatic heterocycles. The molecule has 4 nitrogen and oxygen atoms in total. The molecule has 0 aliphatic carbocycles. The predicted molar refractivity (Wildman–Crippen MR) is 88.0 cm³/mol. The van der Waals surface area contributed by atoms with Crippen LogP contribution in [0.5, 0.6) is 0 Å². The van der Waals surface area contributed by atoms with Crippen molar-refractivity contribution in [3.8, 4) is 0 Å². The number of hydrogen-bond donors (Lipinski definition) is 0. The van der Waals surface area contributed by atoms with Crippen LogP contribution >= 0.6 is 15.9 Å². The highest BCUT2D eigenvalue weighted by molar-refractivity contribution is 9.10. The van der Waals surface area contributed by atoms with Gasteiger partial charge >= 0.3 is 12.1 Å². The molecule has 0 saturated carbocycles. The lowest BCUT2D eigenvalue weighted by atomic mass is 9.83. The summed E-state index contributed by atoms with van der Waals surface area (Å²) in [7, 11) is 1.51. The molecule has 0 bridgehead atoms. The number of ether oxygens (including phenoxy) is 3. The number of rotatable bonds is 5. The number of carbonyl (C=O) groups excluding carboxylic acids is 1. The Labute approximate surface area is 152 Å². The van der Waals surface area contributed by atoms with E-state index in [0.717, 1.165) is 10.0 Å². The number of methoxy groups -OCH3 is 1. The van der Waals surface area contributed by atoms with Crippen molar-refractivity contribution >= 4 is 21.9 Å². The molecule has 1 fully saturated rings. The summed E-state index contributed by atoms with van der Waals surface area (Å²) in [6, 6.07) is 7.34. The minimum absolute atomic E-state index is 0.206. The van der Waals surface area contributed by atoms with Crippen LogP contribution in [0.15, 0.2) is 28.7 Å². The van der Waals surface area contributed by atoms with E-state index in [0.29, 0.717) is 13.0 Å². The fraction of sp³-hybridized carbons (Fsp3) is 0.588. The van der Waals surface area contributed by atoms with E-state index in [-0.39, 0.29) is 12.5 Å². The fourth-order valence-electron chi connectivity index (χ4n) is 3.04. The van der Waals surface area contributed by atoms with E-state index in [2.05, 4.69) is 15.9 Å². The number of hydrogen-bond acceptors (Lipinski definition) is 4. The summed E-state index contributed by atoms with van der Waals surface area (Å²) in [5.74, 6) is -2.61. The van der Waals surface area contributed by atoms with Crippen LogP contribution in [0.2, 0.25) is 0 Å². The highest BCUT2D eigenvalue weighted by Crippen LogP contribution is 2.42. The van der Waals surface area contributed by atoms with Crippen LogP contribution in [0, 0.1) is 5.92 Å². The molecule has 0 amide bonds. The quantitative estimate of drug-likeness (QED) is 0.656. The fourth-order valence-corrected chi connectivity index (χ4v) is 3.55. The summed E-state index contributed by atoms with van der Waals surface area (Å²) >= 11 is 3.45. The van der Waals surface area contributed by atoms with Crippen molar-refractivity contribution in [1.82, 2.24) is 0 Å². The Morgan fingerprint density at radius 2 is 2.04 bits per heavy atom. The van der Waals surface area contributed by atoms with Crippen molar-refractivity contribution in [3.63, 3.8) is 0 Å². The van der Waals surface area contributed by atoms with E-state index in [4.69, 9.17) is 14.2 Å². The second kappa shape index (κ2) is 8.51. The first kappa shape index (κ1) is 20.2. The maximum absolute atomic E-state index is 12.6.